The molecule has 1 N–H and O–H groups in total. The summed E-state index contributed by atoms with van der Waals surface area (Å²) in [5, 5.41) is 3.64. The monoisotopic (exact) mass is 1080 g/mol. The van der Waals surface area contributed by atoms with Gasteiger partial charge in [-0.2, -0.15) is 0 Å². The topological polar surface area (TPSA) is 108 Å². The molecule has 0 amide bonds. The zero-order valence-electron chi connectivity index (χ0n) is 46.2. The molecule has 6 aliphatic rings. The lowest BCUT2D eigenvalue weighted by Crippen LogP contribution is -2.47. The Morgan fingerprint density at radius 2 is 1.10 bits per heavy atom. The quantitative estimate of drug-likeness (QED) is 0.121. The summed E-state index contributed by atoms with van der Waals surface area (Å²) in [5.41, 5.74) is 14.9. The van der Waals surface area contributed by atoms with Crippen molar-refractivity contribution in [3.8, 4) is 0 Å². The number of hydrogen-bond acceptors (Lipinski definition) is 12. The Hall–Kier alpha value is -5.82. The highest BCUT2D eigenvalue weighted by Crippen LogP contribution is 2.62. The minimum atomic E-state index is -0.738. The molecule has 0 radical (unpaired) electrons. The van der Waals surface area contributed by atoms with Gasteiger partial charge >= 0.3 is 0 Å². The first kappa shape index (κ1) is 51.9. The van der Waals surface area contributed by atoms with Crippen LogP contribution in [-0.2, 0) is 30.6 Å². The van der Waals surface area contributed by atoms with Gasteiger partial charge in [0.05, 0.1) is 47.4 Å². The molecule has 12 rings (SSSR count). The summed E-state index contributed by atoms with van der Waals surface area (Å²) in [6.45, 7) is 20.1. The number of Topliss-reactive ketones (excluding diaryl/α,β-unsaturated/α-hetero) is 3. The first-order chi connectivity index (χ1) is 37.2. The normalized spacial score (nSPS) is 26.0. The second-order valence-corrected chi connectivity index (χ2v) is 26.5. The van der Waals surface area contributed by atoms with E-state index in [1.54, 1.807) is 34.0 Å². The van der Waals surface area contributed by atoms with Crippen LogP contribution in [-0.4, -0.2) is 32.3 Å². The maximum absolute atomic E-state index is 15.4. The number of fused-ring (bicyclic) bond motifs is 3. The highest BCUT2D eigenvalue weighted by molar-refractivity contribution is 7.11. The first-order valence-corrected chi connectivity index (χ1v) is 31.1. The fraction of sp³-hybridized carbons (Fsp3) is 0.446. The summed E-state index contributed by atoms with van der Waals surface area (Å²) >= 11 is 4.93. The fourth-order valence-corrected chi connectivity index (χ4v) is 18.6. The van der Waals surface area contributed by atoms with Crippen molar-refractivity contribution in [1.29, 1.82) is 0 Å². The van der Waals surface area contributed by atoms with E-state index in [1.165, 1.54) is 0 Å². The summed E-state index contributed by atoms with van der Waals surface area (Å²) in [6.07, 6.45) is 8.37. The van der Waals surface area contributed by atoms with Crippen molar-refractivity contribution in [2.45, 2.75) is 149 Å². The van der Waals surface area contributed by atoms with E-state index in [9.17, 15) is 4.79 Å². The van der Waals surface area contributed by atoms with Crippen LogP contribution < -0.4 is 15.1 Å². The third-order valence-corrected chi connectivity index (χ3v) is 21.6. The number of carbonyl (C=O) groups excluding carboxylic acids is 3. The summed E-state index contributed by atoms with van der Waals surface area (Å²) in [5.74, 6) is 5.01. The SMILES string of the molecule is CCCC1CC(=O)C2=C(C1)N(c1ccc([C@@]3(CC)C4=C(C[C@@H](C(C)C)CC4=O)Nc4ncsc43)cc1)c1ncsc1[C@@]2(CC)c1ccc(N2C3=C(C(=O)CC(CC(C)C)C3)[C@@](c3ccccc3)(C(C)C)c3scnc32)cc1. The van der Waals surface area contributed by atoms with Crippen molar-refractivity contribution in [2.75, 3.05) is 15.1 Å². The van der Waals surface area contributed by atoms with Gasteiger partial charge in [0, 0.05) is 64.4 Å². The number of hydrogen-bond donors (Lipinski definition) is 1. The highest BCUT2D eigenvalue weighted by Gasteiger charge is 2.56. The van der Waals surface area contributed by atoms with Gasteiger partial charge in [0.1, 0.15) is 5.82 Å². The molecule has 6 atom stereocenters. The van der Waals surface area contributed by atoms with Gasteiger partial charge in [0.15, 0.2) is 29.0 Å². The van der Waals surface area contributed by atoms with E-state index in [4.69, 9.17) is 15.0 Å². The molecule has 9 nitrogen and oxygen atoms in total. The predicted octanol–water partition coefficient (Wildman–Crippen LogP) is 16.3. The number of nitrogens with zero attached hydrogens (tertiary/aromatic N) is 5. The van der Waals surface area contributed by atoms with Gasteiger partial charge in [0.25, 0.3) is 0 Å². The maximum Gasteiger partial charge on any atom is 0.162 e. The van der Waals surface area contributed by atoms with E-state index in [0.29, 0.717) is 37.5 Å². The number of rotatable bonds is 13. The Labute approximate surface area is 467 Å². The van der Waals surface area contributed by atoms with Crippen molar-refractivity contribution in [3.05, 3.63) is 161 Å². The van der Waals surface area contributed by atoms with Crippen LogP contribution >= 0.6 is 34.0 Å². The van der Waals surface area contributed by atoms with Crippen molar-refractivity contribution in [1.82, 2.24) is 15.0 Å². The Kier molecular flexibility index (Phi) is 13.4. The number of anilines is 5. The molecular formula is C65H72N6O3S3. The van der Waals surface area contributed by atoms with Gasteiger partial charge < -0.3 is 5.32 Å². The second-order valence-electron chi connectivity index (χ2n) is 23.9. The average molecular weight is 1080 g/mol. The van der Waals surface area contributed by atoms with Crippen molar-refractivity contribution < 1.29 is 14.4 Å². The van der Waals surface area contributed by atoms with Crippen LogP contribution in [0.5, 0.6) is 0 Å². The average Bonchev–Trinajstić information content (AvgIpc) is 4.45. The van der Waals surface area contributed by atoms with E-state index in [0.717, 1.165) is 139 Å². The molecule has 3 aliphatic carbocycles. The zero-order chi connectivity index (χ0) is 53.7. The number of allylic oxidation sites excluding steroid dienone is 6. The smallest absolute Gasteiger partial charge is 0.162 e. The summed E-state index contributed by atoms with van der Waals surface area (Å²) < 4.78 is 0. The largest absolute Gasteiger partial charge is 0.342 e. The molecule has 12 heteroatoms. The summed E-state index contributed by atoms with van der Waals surface area (Å²) in [6, 6.07) is 28.5. The molecule has 0 saturated heterocycles. The first-order valence-electron chi connectivity index (χ1n) is 28.5. The lowest BCUT2D eigenvalue weighted by Gasteiger charge is -2.49. The van der Waals surface area contributed by atoms with Gasteiger partial charge in [0.2, 0.25) is 0 Å². The van der Waals surface area contributed by atoms with E-state index >= 15 is 9.59 Å². The van der Waals surface area contributed by atoms with Gasteiger partial charge in [-0.05, 0) is 121 Å². The van der Waals surface area contributed by atoms with Crippen LogP contribution in [0.15, 0.2) is 129 Å². The molecule has 398 valence electrons. The molecule has 3 aliphatic heterocycles. The molecule has 77 heavy (non-hydrogen) atoms. The molecule has 6 heterocycles. The third-order valence-electron chi connectivity index (χ3n) is 18.7. The maximum atomic E-state index is 15.4. The third kappa shape index (κ3) is 7.75. The number of ketones is 3. The van der Waals surface area contributed by atoms with Crippen LogP contribution in [0, 0.1) is 35.5 Å². The Morgan fingerprint density at radius 1 is 0.571 bits per heavy atom. The lowest BCUT2D eigenvalue weighted by molar-refractivity contribution is -0.118. The molecule has 0 saturated carbocycles. The van der Waals surface area contributed by atoms with Gasteiger partial charge in [-0.25, -0.2) is 15.0 Å². The lowest BCUT2D eigenvalue weighted by atomic mass is 9.59. The van der Waals surface area contributed by atoms with E-state index in [-0.39, 0.29) is 41.0 Å². The van der Waals surface area contributed by atoms with Gasteiger partial charge in [-0.15, -0.1) is 34.0 Å². The number of nitrogens with one attached hydrogen (secondary N) is 1. The highest BCUT2D eigenvalue weighted by atomic mass is 32.1. The molecular weight excluding hydrogens is 1010 g/mol. The van der Waals surface area contributed by atoms with Crippen molar-refractivity contribution in [3.63, 3.8) is 0 Å². The van der Waals surface area contributed by atoms with Crippen LogP contribution in [0.3, 0.4) is 0 Å². The standard InChI is InChI=1S/C65H72N6O3S3/c1-10-16-40-28-49-55(51(72)30-40)64(12-3,58-61(67-35-76-58)70(49)46-23-19-43(20-24-46)63(11-2)54-48(69-60-57(63)75-34-66-60)32-42(38(6)7)33-53(54)74)44-21-25-47(26-22-44)71-50-29-41(27-37(4)5)31-52(73)56(50)65(39(8)9,45-17-14-13-15-18-45)59-62(71)68-36-77-59/h13-15,17-26,34-42,69H,10-12,16,27-33H2,1-9H3/t40?,41?,42-,63+,64+,65+/m1/s1. The molecule has 6 aromatic rings. The van der Waals surface area contributed by atoms with Gasteiger partial charge in [-0.3, -0.25) is 24.2 Å². The fourth-order valence-electron chi connectivity index (χ4n) is 15.3. The second kappa shape index (κ2) is 19.8. The van der Waals surface area contributed by atoms with Gasteiger partial charge in [-0.1, -0.05) is 123 Å². The number of benzene rings is 3. The van der Waals surface area contributed by atoms with Crippen LogP contribution in [0.1, 0.15) is 164 Å². The van der Waals surface area contributed by atoms with Crippen LogP contribution in [0.2, 0.25) is 0 Å². The predicted molar refractivity (Wildman–Crippen MR) is 315 cm³/mol. The molecule has 3 aromatic carbocycles. The molecule has 0 bridgehead atoms. The molecule has 2 unspecified atom stereocenters. The number of aromatic nitrogens is 3. The van der Waals surface area contributed by atoms with Crippen LogP contribution in [0.4, 0.5) is 28.8 Å². The Balaban J connectivity index is 0.982. The zero-order valence-corrected chi connectivity index (χ0v) is 48.6. The minimum Gasteiger partial charge on any atom is -0.342 e. The Bertz CT molecular complexity index is 3400. The van der Waals surface area contributed by atoms with Crippen molar-refractivity contribution >= 4 is 80.2 Å². The van der Waals surface area contributed by atoms with E-state index in [1.807, 2.05) is 16.5 Å². The minimum absolute atomic E-state index is 0.0961. The van der Waals surface area contributed by atoms with Crippen molar-refractivity contribution in [2.24, 2.45) is 35.5 Å². The molecule has 0 fully saturated rings. The number of thiazole rings is 3. The molecule has 0 spiro atoms. The van der Waals surface area contributed by atoms with Crippen LogP contribution in [0.25, 0.3) is 0 Å². The molecule has 3 aromatic heterocycles. The van der Waals surface area contributed by atoms with E-state index in [2.05, 4.69) is 156 Å². The summed E-state index contributed by atoms with van der Waals surface area (Å²) in [7, 11) is 0. The number of carbonyl (C=O) groups is 3. The van der Waals surface area contributed by atoms with E-state index < -0.39 is 16.2 Å². The summed E-state index contributed by atoms with van der Waals surface area (Å²) in [4.78, 5) is 68.1. The Morgan fingerprint density at radius 3 is 1.70 bits per heavy atom.